The summed E-state index contributed by atoms with van der Waals surface area (Å²) in [5.74, 6) is 1.06. The molecule has 0 saturated carbocycles. The molecule has 0 aromatic carbocycles. The first-order valence-corrected chi connectivity index (χ1v) is 6.07. The molecule has 19 heavy (non-hydrogen) atoms. The van der Waals surface area contributed by atoms with Crippen LogP contribution in [0.5, 0.6) is 0 Å². The molecule has 0 aliphatic carbocycles. The van der Waals surface area contributed by atoms with Gasteiger partial charge in [0, 0.05) is 25.6 Å². The van der Waals surface area contributed by atoms with E-state index in [4.69, 9.17) is 5.73 Å². The van der Waals surface area contributed by atoms with Gasteiger partial charge in [0.15, 0.2) is 0 Å². The number of aromatic amines is 1. The molecule has 4 N–H and O–H groups in total. The average Bonchev–Trinajstić information content (AvgIpc) is 2.97. The molecule has 0 bridgehead atoms. The highest BCUT2D eigenvalue weighted by molar-refractivity contribution is 5.90. The first-order chi connectivity index (χ1) is 9.11. The van der Waals surface area contributed by atoms with Gasteiger partial charge < -0.3 is 11.1 Å². The summed E-state index contributed by atoms with van der Waals surface area (Å²) in [6.45, 7) is 2.34. The van der Waals surface area contributed by atoms with E-state index in [1.807, 2.05) is 6.92 Å². The number of nitrogens with zero attached hydrogens (tertiary/aromatic N) is 4. The Balaban J connectivity index is 1.95. The van der Waals surface area contributed by atoms with Gasteiger partial charge in [-0.25, -0.2) is 4.98 Å². The molecule has 0 atom stereocenters. The number of hydrogen-bond acceptors (Lipinski definition) is 5. The predicted octanol–water partition coefficient (Wildman–Crippen LogP) is 0.00290. The lowest BCUT2D eigenvalue weighted by Crippen LogP contribution is -2.24. The minimum absolute atomic E-state index is 0.144. The van der Waals surface area contributed by atoms with Crippen molar-refractivity contribution in [3.05, 3.63) is 23.4 Å². The van der Waals surface area contributed by atoms with Crippen LogP contribution in [0.3, 0.4) is 0 Å². The van der Waals surface area contributed by atoms with E-state index in [0.29, 0.717) is 18.2 Å². The fourth-order valence-corrected chi connectivity index (χ4v) is 1.63. The third kappa shape index (κ3) is 2.90. The minimum Gasteiger partial charge on any atom is -0.384 e. The topological polar surface area (TPSA) is 115 Å². The van der Waals surface area contributed by atoms with Gasteiger partial charge in [-0.15, -0.1) is 5.10 Å². The maximum atomic E-state index is 11.8. The molecule has 0 unspecified atom stereocenters. The van der Waals surface area contributed by atoms with E-state index in [1.165, 1.54) is 0 Å². The van der Waals surface area contributed by atoms with Crippen molar-refractivity contribution in [2.75, 3.05) is 5.73 Å². The van der Waals surface area contributed by atoms with E-state index < -0.39 is 0 Å². The van der Waals surface area contributed by atoms with Gasteiger partial charge in [-0.1, -0.05) is 6.92 Å². The van der Waals surface area contributed by atoms with Crippen molar-refractivity contribution >= 4 is 11.7 Å². The minimum atomic E-state index is -0.332. The van der Waals surface area contributed by atoms with Crippen LogP contribution in [-0.2, 0) is 20.0 Å². The standard InChI is InChI=1S/C11H17N7O/c1-3-4-8-15-10(17-16-8)11(19)13-5-7-6-14-18(2)9(7)12/h6H,3-5,12H2,1-2H3,(H,13,19)(H,15,16,17). The van der Waals surface area contributed by atoms with E-state index in [0.717, 1.165) is 18.4 Å². The lowest BCUT2D eigenvalue weighted by atomic mass is 10.3. The summed E-state index contributed by atoms with van der Waals surface area (Å²) in [6.07, 6.45) is 3.34. The van der Waals surface area contributed by atoms with Crippen molar-refractivity contribution < 1.29 is 4.79 Å². The van der Waals surface area contributed by atoms with Gasteiger partial charge in [0.05, 0.1) is 6.20 Å². The number of aromatic nitrogens is 5. The van der Waals surface area contributed by atoms with Crippen molar-refractivity contribution in [2.45, 2.75) is 26.3 Å². The highest BCUT2D eigenvalue weighted by atomic mass is 16.2. The molecule has 0 radical (unpaired) electrons. The van der Waals surface area contributed by atoms with Gasteiger partial charge in [0.25, 0.3) is 5.91 Å². The maximum Gasteiger partial charge on any atom is 0.291 e. The summed E-state index contributed by atoms with van der Waals surface area (Å²) in [5, 5.41) is 13.3. The SMILES string of the molecule is CCCc1nc(C(=O)NCc2cnn(C)c2N)n[nH]1. The largest absolute Gasteiger partial charge is 0.384 e. The zero-order chi connectivity index (χ0) is 13.8. The van der Waals surface area contributed by atoms with Gasteiger partial charge in [-0.05, 0) is 6.42 Å². The summed E-state index contributed by atoms with van der Waals surface area (Å²) in [6, 6.07) is 0. The zero-order valence-electron chi connectivity index (χ0n) is 11.0. The van der Waals surface area contributed by atoms with E-state index in [9.17, 15) is 4.79 Å². The Morgan fingerprint density at radius 3 is 3.00 bits per heavy atom. The monoisotopic (exact) mass is 263 g/mol. The maximum absolute atomic E-state index is 11.8. The fourth-order valence-electron chi connectivity index (χ4n) is 1.63. The molecule has 2 heterocycles. The van der Waals surface area contributed by atoms with Crippen LogP contribution < -0.4 is 11.1 Å². The molecule has 8 nitrogen and oxygen atoms in total. The van der Waals surface area contributed by atoms with Crippen molar-refractivity contribution in [3.63, 3.8) is 0 Å². The predicted molar refractivity (Wildman–Crippen MR) is 69.2 cm³/mol. The summed E-state index contributed by atoms with van der Waals surface area (Å²) >= 11 is 0. The van der Waals surface area contributed by atoms with Crippen LogP contribution in [0.2, 0.25) is 0 Å². The Bertz CT molecular complexity index is 571. The number of H-pyrrole nitrogens is 1. The lowest BCUT2D eigenvalue weighted by Gasteiger charge is -2.01. The van der Waals surface area contributed by atoms with Gasteiger partial charge in [0.2, 0.25) is 5.82 Å². The summed E-state index contributed by atoms with van der Waals surface area (Å²) in [7, 11) is 1.74. The van der Waals surface area contributed by atoms with Crippen LogP contribution in [0, 0.1) is 0 Å². The fraction of sp³-hybridized carbons (Fsp3) is 0.455. The van der Waals surface area contributed by atoms with E-state index >= 15 is 0 Å². The third-order valence-electron chi connectivity index (χ3n) is 2.73. The number of hydrogen-bond donors (Lipinski definition) is 3. The van der Waals surface area contributed by atoms with Crippen LogP contribution in [0.25, 0.3) is 0 Å². The van der Waals surface area contributed by atoms with Crippen molar-refractivity contribution in [1.29, 1.82) is 0 Å². The normalized spacial score (nSPS) is 10.6. The molecule has 2 rings (SSSR count). The number of nitrogens with one attached hydrogen (secondary N) is 2. The Morgan fingerprint density at radius 1 is 1.58 bits per heavy atom. The third-order valence-corrected chi connectivity index (χ3v) is 2.73. The Labute approximate surface area is 110 Å². The van der Waals surface area contributed by atoms with Crippen LogP contribution in [-0.4, -0.2) is 30.9 Å². The molecule has 1 amide bonds. The molecule has 2 aromatic rings. The van der Waals surface area contributed by atoms with E-state index in [2.05, 4.69) is 25.6 Å². The molecular weight excluding hydrogens is 246 g/mol. The van der Waals surface area contributed by atoms with Gasteiger partial charge in [0.1, 0.15) is 11.6 Å². The molecule has 0 aliphatic heterocycles. The van der Waals surface area contributed by atoms with Gasteiger partial charge in [-0.2, -0.15) is 5.10 Å². The Morgan fingerprint density at radius 2 is 2.37 bits per heavy atom. The number of carbonyl (C=O) groups excluding carboxylic acids is 1. The Hall–Kier alpha value is -2.38. The summed E-state index contributed by atoms with van der Waals surface area (Å²) in [4.78, 5) is 15.9. The van der Waals surface area contributed by atoms with E-state index in [1.54, 1.807) is 17.9 Å². The second-order valence-corrected chi connectivity index (χ2v) is 4.22. The zero-order valence-corrected chi connectivity index (χ0v) is 11.0. The summed E-state index contributed by atoms with van der Waals surface area (Å²) < 4.78 is 1.55. The molecule has 0 spiro atoms. The summed E-state index contributed by atoms with van der Waals surface area (Å²) in [5.41, 5.74) is 6.55. The Kier molecular flexibility index (Phi) is 3.79. The molecule has 0 fully saturated rings. The van der Waals surface area contributed by atoms with Crippen LogP contribution >= 0.6 is 0 Å². The number of anilines is 1. The van der Waals surface area contributed by atoms with Crippen LogP contribution in [0.15, 0.2) is 6.20 Å². The highest BCUT2D eigenvalue weighted by Gasteiger charge is 2.13. The number of aryl methyl sites for hydroxylation is 2. The van der Waals surface area contributed by atoms with Crippen molar-refractivity contribution in [2.24, 2.45) is 7.05 Å². The number of nitrogens with two attached hydrogens (primary N) is 1. The lowest BCUT2D eigenvalue weighted by molar-refractivity contribution is 0.0941. The molecule has 0 saturated heterocycles. The molecule has 2 aromatic heterocycles. The first kappa shape index (κ1) is 13.1. The second kappa shape index (κ2) is 5.51. The van der Waals surface area contributed by atoms with Crippen LogP contribution in [0.1, 0.15) is 35.4 Å². The number of rotatable bonds is 5. The first-order valence-electron chi connectivity index (χ1n) is 6.07. The molecular formula is C11H17N7O. The molecule has 8 heteroatoms. The molecule has 0 aliphatic rings. The van der Waals surface area contributed by atoms with Crippen molar-refractivity contribution in [1.82, 2.24) is 30.3 Å². The second-order valence-electron chi connectivity index (χ2n) is 4.22. The highest BCUT2D eigenvalue weighted by Crippen LogP contribution is 2.08. The quantitative estimate of drug-likeness (QED) is 0.702. The number of nitrogen functional groups attached to an aromatic ring is 1. The van der Waals surface area contributed by atoms with Gasteiger partial charge in [-0.3, -0.25) is 14.6 Å². The average molecular weight is 263 g/mol. The van der Waals surface area contributed by atoms with Gasteiger partial charge >= 0.3 is 0 Å². The molecule has 102 valence electrons. The smallest absolute Gasteiger partial charge is 0.291 e. The number of amides is 1. The van der Waals surface area contributed by atoms with Crippen LogP contribution in [0.4, 0.5) is 5.82 Å². The van der Waals surface area contributed by atoms with Crippen molar-refractivity contribution in [3.8, 4) is 0 Å². The van der Waals surface area contributed by atoms with E-state index in [-0.39, 0.29) is 11.7 Å². The number of carbonyl (C=O) groups is 1.